The molecule has 0 aromatic heterocycles. The zero-order chi connectivity index (χ0) is 14.1. The number of benzene rings is 1. The van der Waals surface area contributed by atoms with E-state index in [1.807, 2.05) is 32.0 Å². The molecule has 102 valence electrons. The molecular formula is C15H21N3O. The third kappa shape index (κ3) is 5.02. The number of hydrogen-bond acceptors (Lipinski definition) is 2. The van der Waals surface area contributed by atoms with Crippen molar-refractivity contribution in [2.75, 3.05) is 18.4 Å². The average molecular weight is 259 g/mol. The van der Waals surface area contributed by atoms with Crippen molar-refractivity contribution < 1.29 is 4.79 Å². The maximum atomic E-state index is 11.6. The first-order valence-electron chi connectivity index (χ1n) is 6.58. The van der Waals surface area contributed by atoms with Gasteiger partial charge in [-0.1, -0.05) is 25.7 Å². The molecule has 0 spiro atoms. The minimum atomic E-state index is -0.169. The van der Waals surface area contributed by atoms with E-state index < -0.39 is 0 Å². The van der Waals surface area contributed by atoms with E-state index >= 15 is 0 Å². The normalized spacial score (nSPS) is 9.42. The Morgan fingerprint density at radius 1 is 1.37 bits per heavy atom. The zero-order valence-electron chi connectivity index (χ0n) is 11.5. The van der Waals surface area contributed by atoms with Crippen molar-refractivity contribution in [1.29, 1.82) is 0 Å². The van der Waals surface area contributed by atoms with E-state index in [4.69, 9.17) is 5.73 Å². The molecule has 0 aliphatic rings. The molecule has 0 heterocycles. The lowest BCUT2D eigenvalue weighted by Crippen LogP contribution is -2.29. The van der Waals surface area contributed by atoms with Crippen molar-refractivity contribution in [2.24, 2.45) is 5.73 Å². The van der Waals surface area contributed by atoms with Gasteiger partial charge >= 0.3 is 6.03 Å². The van der Waals surface area contributed by atoms with Gasteiger partial charge in [0.2, 0.25) is 0 Å². The minimum Gasteiger partial charge on any atom is -0.338 e. The summed E-state index contributed by atoms with van der Waals surface area (Å²) in [6.45, 7) is 5.08. The van der Waals surface area contributed by atoms with Crippen LogP contribution in [0.3, 0.4) is 0 Å². The quantitative estimate of drug-likeness (QED) is 0.725. The van der Waals surface area contributed by atoms with Crippen LogP contribution < -0.4 is 16.4 Å². The van der Waals surface area contributed by atoms with Crippen LogP contribution in [0.15, 0.2) is 18.2 Å². The predicted octanol–water partition coefficient (Wildman–Crippen LogP) is 2.09. The third-order valence-electron chi connectivity index (χ3n) is 2.60. The molecule has 0 fully saturated rings. The van der Waals surface area contributed by atoms with Crippen molar-refractivity contribution in [3.63, 3.8) is 0 Å². The standard InChI is InChI=1S/C15H21N3O/c1-3-10-17-15(19)18-14-8-7-12(6-5-9-16)11-13(14)4-2/h7-8,11H,3-4,9-10,16H2,1-2H3,(H2,17,18,19). The number of rotatable bonds is 4. The van der Waals surface area contributed by atoms with E-state index in [0.717, 1.165) is 29.7 Å². The molecule has 0 saturated heterocycles. The number of carbonyl (C=O) groups excluding carboxylic acids is 1. The Balaban J connectivity index is 2.81. The van der Waals surface area contributed by atoms with Gasteiger partial charge < -0.3 is 16.4 Å². The van der Waals surface area contributed by atoms with Gasteiger partial charge in [0.15, 0.2) is 0 Å². The molecule has 0 aliphatic heterocycles. The summed E-state index contributed by atoms with van der Waals surface area (Å²) in [7, 11) is 0. The fraction of sp³-hybridized carbons (Fsp3) is 0.400. The molecule has 0 radical (unpaired) electrons. The van der Waals surface area contributed by atoms with Crippen molar-refractivity contribution in [3.05, 3.63) is 29.3 Å². The monoisotopic (exact) mass is 259 g/mol. The summed E-state index contributed by atoms with van der Waals surface area (Å²) in [6.07, 6.45) is 1.75. The summed E-state index contributed by atoms with van der Waals surface area (Å²) < 4.78 is 0. The Labute approximate surface area is 114 Å². The summed E-state index contributed by atoms with van der Waals surface area (Å²) in [6, 6.07) is 5.58. The van der Waals surface area contributed by atoms with Gasteiger partial charge in [-0.3, -0.25) is 0 Å². The highest BCUT2D eigenvalue weighted by molar-refractivity contribution is 5.90. The van der Waals surface area contributed by atoms with Crippen LogP contribution in [0.1, 0.15) is 31.4 Å². The highest BCUT2D eigenvalue weighted by Gasteiger charge is 2.05. The number of nitrogens with one attached hydrogen (secondary N) is 2. The van der Waals surface area contributed by atoms with Crippen molar-refractivity contribution >= 4 is 11.7 Å². The number of urea groups is 1. The van der Waals surface area contributed by atoms with Gasteiger partial charge in [0, 0.05) is 17.8 Å². The Hall–Kier alpha value is -1.99. The SMILES string of the molecule is CCCNC(=O)Nc1ccc(C#CCN)cc1CC. The second-order valence-electron chi connectivity index (χ2n) is 4.11. The van der Waals surface area contributed by atoms with Gasteiger partial charge in [-0.15, -0.1) is 0 Å². The number of anilines is 1. The maximum Gasteiger partial charge on any atom is 0.319 e. The Morgan fingerprint density at radius 2 is 2.16 bits per heavy atom. The average Bonchev–Trinajstić information content (AvgIpc) is 2.43. The Morgan fingerprint density at radius 3 is 2.79 bits per heavy atom. The van der Waals surface area contributed by atoms with Gasteiger partial charge in [-0.2, -0.15) is 0 Å². The molecule has 2 amide bonds. The molecule has 0 aliphatic carbocycles. The van der Waals surface area contributed by atoms with E-state index in [1.165, 1.54) is 0 Å². The highest BCUT2D eigenvalue weighted by Crippen LogP contribution is 2.17. The number of carbonyl (C=O) groups is 1. The topological polar surface area (TPSA) is 67.2 Å². The second-order valence-corrected chi connectivity index (χ2v) is 4.11. The third-order valence-corrected chi connectivity index (χ3v) is 2.60. The van der Waals surface area contributed by atoms with Gasteiger partial charge in [0.05, 0.1) is 6.54 Å². The van der Waals surface area contributed by atoms with E-state index in [-0.39, 0.29) is 6.03 Å². The summed E-state index contributed by atoms with van der Waals surface area (Å²) in [5.74, 6) is 5.81. The van der Waals surface area contributed by atoms with Crippen LogP contribution in [0.4, 0.5) is 10.5 Å². The fourth-order valence-corrected chi connectivity index (χ4v) is 1.64. The van der Waals surface area contributed by atoms with Crippen molar-refractivity contribution in [3.8, 4) is 11.8 Å². The van der Waals surface area contributed by atoms with Gasteiger partial charge in [0.25, 0.3) is 0 Å². The van der Waals surface area contributed by atoms with Gasteiger partial charge in [-0.05, 0) is 36.6 Å². The molecule has 0 bridgehead atoms. The molecule has 4 nitrogen and oxygen atoms in total. The summed E-state index contributed by atoms with van der Waals surface area (Å²) in [5.41, 5.74) is 8.16. The lowest BCUT2D eigenvalue weighted by molar-refractivity contribution is 0.252. The molecule has 0 saturated carbocycles. The molecule has 0 atom stereocenters. The van der Waals surface area contributed by atoms with Crippen LogP contribution in [-0.2, 0) is 6.42 Å². The summed E-state index contributed by atoms with van der Waals surface area (Å²) in [5, 5.41) is 5.64. The van der Waals surface area contributed by atoms with Gasteiger partial charge in [-0.25, -0.2) is 4.79 Å². The lowest BCUT2D eigenvalue weighted by Gasteiger charge is -2.11. The molecule has 4 heteroatoms. The molecule has 4 N–H and O–H groups in total. The smallest absolute Gasteiger partial charge is 0.319 e. The molecule has 19 heavy (non-hydrogen) atoms. The van der Waals surface area contributed by atoms with Crippen LogP contribution in [0.2, 0.25) is 0 Å². The van der Waals surface area contributed by atoms with Crippen LogP contribution in [-0.4, -0.2) is 19.1 Å². The second kappa shape index (κ2) is 8.17. The van der Waals surface area contributed by atoms with Crippen LogP contribution in [0, 0.1) is 11.8 Å². The van der Waals surface area contributed by atoms with Crippen LogP contribution >= 0.6 is 0 Å². The molecule has 0 unspecified atom stereocenters. The van der Waals surface area contributed by atoms with E-state index in [2.05, 4.69) is 22.5 Å². The van der Waals surface area contributed by atoms with Crippen LogP contribution in [0.5, 0.6) is 0 Å². The summed E-state index contributed by atoms with van der Waals surface area (Å²) in [4.78, 5) is 11.6. The Bertz CT molecular complexity index is 486. The minimum absolute atomic E-state index is 0.169. The van der Waals surface area contributed by atoms with E-state index in [0.29, 0.717) is 13.1 Å². The summed E-state index contributed by atoms with van der Waals surface area (Å²) >= 11 is 0. The first-order valence-corrected chi connectivity index (χ1v) is 6.58. The van der Waals surface area contributed by atoms with Gasteiger partial charge in [0.1, 0.15) is 0 Å². The number of nitrogens with two attached hydrogens (primary N) is 1. The van der Waals surface area contributed by atoms with Crippen molar-refractivity contribution in [2.45, 2.75) is 26.7 Å². The first-order chi connectivity index (χ1) is 9.21. The maximum absolute atomic E-state index is 11.6. The van der Waals surface area contributed by atoms with E-state index in [9.17, 15) is 4.79 Å². The number of hydrogen-bond donors (Lipinski definition) is 3. The molecule has 1 aromatic carbocycles. The molecular weight excluding hydrogens is 238 g/mol. The largest absolute Gasteiger partial charge is 0.338 e. The number of amides is 2. The molecule has 1 rings (SSSR count). The van der Waals surface area contributed by atoms with Crippen LogP contribution in [0.25, 0.3) is 0 Å². The molecule has 1 aromatic rings. The zero-order valence-corrected chi connectivity index (χ0v) is 11.5. The Kier molecular flexibility index (Phi) is 6.48. The predicted molar refractivity (Wildman–Crippen MR) is 79.1 cm³/mol. The highest BCUT2D eigenvalue weighted by atomic mass is 16.2. The van der Waals surface area contributed by atoms with Crippen molar-refractivity contribution in [1.82, 2.24) is 5.32 Å². The number of aryl methyl sites for hydroxylation is 1. The fourth-order valence-electron chi connectivity index (χ4n) is 1.64. The lowest BCUT2D eigenvalue weighted by atomic mass is 10.1. The first kappa shape index (κ1) is 15.1. The van der Waals surface area contributed by atoms with E-state index in [1.54, 1.807) is 0 Å².